The minimum atomic E-state index is -4.63. The topological polar surface area (TPSA) is 76.4 Å². The molecule has 3 N–H and O–H groups in total. The predicted molar refractivity (Wildman–Crippen MR) is 68.8 cm³/mol. The summed E-state index contributed by atoms with van der Waals surface area (Å²) in [6.45, 7) is 0. The highest BCUT2D eigenvalue weighted by Crippen LogP contribution is 2.33. The Morgan fingerprint density at radius 3 is 2.60 bits per heavy atom. The van der Waals surface area contributed by atoms with Gasteiger partial charge < -0.3 is 10.9 Å². The number of hydrogen-bond acceptors (Lipinski definition) is 3. The summed E-state index contributed by atoms with van der Waals surface area (Å²) in [5.41, 5.74) is 4.06. The normalized spacial score (nSPS) is 12.7. The molecular weight excluding hydrogens is 341 g/mol. The average Bonchev–Trinajstić information content (AvgIpc) is 2.83. The number of hydrogen-bond donors (Lipinski definition) is 2. The van der Waals surface area contributed by atoms with Gasteiger partial charge in [0.2, 0.25) is 0 Å². The van der Waals surface area contributed by atoms with Gasteiger partial charge in [0.05, 0.1) is 21.9 Å². The Kier molecular flexibility index (Phi) is 3.71. The molecule has 2 rings (SSSR count). The zero-order valence-electron chi connectivity index (χ0n) is 9.76. The largest absolute Gasteiger partial charge is 0.417 e. The fourth-order valence-electron chi connectivity index (χ4n) is 1.63. The van der Waals surface area contributed by atoms with Crippen LogP contribution in [-0.4, -0.2) is 20.8 Å². The number of alkyl halides is 3. The molecule has 9 heteroatoms. The monoisotopic (exact) mass is 348 g/mol. The van der Waals surface area contributed by atoms with Gasteiger partial charge in [-0.05, 0) is 34.1 Å². The Bertz CT molecular complexity index is 666. The van der Waals surface area contributed by atoms with E-state index in [1.54, 1.807) is 0 Å². The number of aromatic nitrogens is 2. The van der Waals surface area contributed by atoms with Crippen LogP contribution in [0.5, 0.6) is 0 Å². The number of nitrogens with zero attached hydrogens (tertiary/aromatic N) is 3. The van der Waals surface area contributed by atoms with Gasteiger partial charge in [-0.25, -0.2) is 4.68 Å². The summed E-state index contributed by atoms with van der Waals surface area (Å²) in [5.74, 6) is -0.606. The van der Waals surface area contributed by atoms with E-state index in [1.807, 2.05) is 0 Å². The van der Waals surface area contributed by atoms with Gasteiger partial charge in [-0.2, -0.15) is 18.3 Å². The molecule has 0 spiro atoms. The lowest BCUT2D eigenvalue weighted by Gasteiger charge is -2.13. The summed E-state index contributed by atoms with van der Waals surface area (Å²) in [7, 11) is 0. The van der Waals surface area contributed by atoms with Crippen LogP contribution in [0.25, 0.3) is 5.69 Å². The highest BCUT2D eigenvalue weighted by molar-refractivity contribution is 9.10. The Hall–Kier alpha value is -2.03. The molecule has 0 bridgehead atoms. The fraction of sp³-hybridized carbons (Fsp3) is 0.0909. The first-order valence-corrected chi connectivity index (χ1v) is 6.02. The van der Waals surface area contributed by atoms with E-state index < -0.39 is 23.1 Å². The van der Waals surface area contributed by atoms with Crippen molar-refractivity contribution < 1.29 is 18.4 Å². The number of nitrogens with two attached hydrogens (primary N) is 1. The molecule has 2 aromatic rings. The number of benzene rings is 1. The smallest absolute Gasteiger partial charge is 0.409 e. The molecule has 0 radical (unpaired) electrons. The lowest BCUT2D eigenvalue weighted by atomic mass is 10.1. The van der Waals surface area contributed by atoms with Gasteiger partial charge in [0.15, 0.2) is 5.84 Å². The molecule has 5 nitrogen and oxygen atoms in total. The highest BCUT2D eigenvalue weighted by atomic mass is 79.9. The van der Waals surface area contributed by atoms with Crippen molar-refractivity contribution in [2.24, 2.45) is 10.9 Å². The zero-order valence-corrected chi connectivity index (χ0v) is 11.4. The van der Waals surface area contributed by atoms with Crippen LogP contribution in [0.3, 0.4) is 0 Å². The summed E-state index contributed by atoms with van der Waals surface area (Å²) in [6, 6.07) is 3.40. The van der Waals surface area contributed by atoms with Gasteiger partial charge in [0.1, 0.15) is 0 Å². The Morgan fingerprint density at radius 2 is 2.10 bits per heavy atom. The van der Waals surface area contributed by atoms with Crippen molar-refractivity contribution in [3.05, 3.63) is 46.2 Å². The summed E-state index contributed by atoms with van der Waals surface area (Å²) in [6.07, 6.45) is -1.67. The maximum absolute atomic E-state index is 13.0. The van der Waals surface area contributed by atoms with Gasteiger partial charge in [-0.3, -0.25) is 0 Å². The van der Waals surface area contributed by atoms with Crippen molar-refractivity contribution in [2.45, 2.75) is 6.18 Å². The summed E-state index contributed by atoms with van der Waals surface area (Å²) < 4.78 is 40.9. The van der Waals surface area contributed by atoms with Gasteiger partial charge in [-0.15, -0.1) is 0 Å². The van der Waals surface area contributed by atoms with E-state index in [4.69, 9.17) is 10.9 Å². The second kappa shape index (κ2) is 5.16. The zero-order chi connectivity index (χ0) is 14.9. The van der Waals surface area contributed by atoms with Crippen LogP contribution < -0.4 is 5.73 Å². The van der Waals surface area contributed by atoms with E-state index in [0.717, 1.165) is 12.1 Å². The van der Waals surface area contributed by atoms with Crippen LogP contribution in [0, 0.1) is 0 Å². The SMILES string of the molecule is N/C(=N\O)c1ccc(-n2cc(Br)cn2)cc1C(F)(F)F. The van der Waals surface area contributed by atoms with E-state index in [9.17, 15) is 13.2 Å². The molecule has 20 heavy (non-hydrogen) atoms. The van der Waals surface area contributed by atoms with Crippen LogP contribution >= 0.6 is 15.9 Å². The number of halogens is 4. The number of rotatable bonds is 2. The van der Waals surface area contributed by atoms with E-state index in [2.05, 4.69) is 26.2 Å². The van der Waals surface area contributed by atoms with Gasteiger partial charge in [0, 0.05) is 11.8 Å². The highest BCUT2D eigenvalue weighted by Gasteiger charge is 2.34. The maximum Gasteiger partial charge on any atom is 0.417 e. The molecule has 0 aliphatic rings. The minimum Gasteiger partial charge on any atom is -0.409 e. The van der Waals surface area contributed by atoms with Gasteiger partial charge >= 0.3 is 6.18 Å². The van der Waals surface area contributed by atoms with E-state index in [-0.39, 0.29) is 5.69 Å². The van der Waals surface area contributed by atoms with E-state index in [0.29, 0.717) is 4.47 Å². The molecule has 106 valence electrons. The minimum absolute atomic E-state index is 0.206. The molecule has 0 amide bonds. The second-order valence-electron chi connectivity index (χ2n) is 3.82. The maximum atomic E-state index is 13.0. The van der Waals surface area contributed by atoms with E-state index in [1.165, 1.54) is 23.1 Å². The predicted octanol–water partition coefficient (Wildman–Crippen LogP) is 2.75. The molecule has 0 atom stereocenters. The second-order valence-corrected chi connectivity index (χ2v) is 4.73. The first-order valence-electron chi connectivity index (χ1n) is 5.22. The Labute approximate surface area is 119 Å². The third-order valence-corrected chi connectivity index (χ3v) is 2.92. The lowest BCUT2D eigenvalue weighted by Crippen LogP contribution is -2.20. The molecule has 0 aliphatic carbocycles. The molecule has 0 saturated carbocycles. The van der Waals surface area contributed by atoms with Crippen molar-refractivity contribution in [2.75, 3.05) is 0 Å². The molecular formula is C11H8BrF3N4O. The molecule has 1 heterocycles. The lowest BCUT2D eigenvalue weighted by molar-refractivity contribution is -0.137. The number of amidine groups is 1. The van der Waals surface area contributed by atoms with Crippen LogP contribution in [0.2, 0.25) is 0 Å². The molecule has 0 unspecified atom stereocenters. The summed E-state index contributed by atoms with van der Waals surface area (Å²) in [5, 5.41) is 15.0. The van der Waals surface area contributed by atoms with Crippen molar-refractivity contribution in [3.63, 3.8) is 0 Å². The Balaban J connectivity index is 2.60. The van der Waals surface area contributed by atoms with E-state index >= 15 is 0 Å². The standard InChI is InChI=1S/C11H8BrF3N4O/c12-6-4-17-19(5-6)7-1-2-8(10(16)18-20)9(3-7)11(13,14)15/h1-5,20H,(H2,16,18). The molecule has 1 aromatic carbocycles. The van der Waals surface area contributed by atoms with Crippen molar-refractivity contribution in [3.8, 4) is 5.69 Å². The molecule has 1 aromatic heterocycles. The Morgan fingerprint density at radius 1 is 1.40 bits per heavy atom. The van der Waals surface area contributed by atoms with Crippen molar-refractivity contribution >= 4 is 21.8 Å². The third kappa shape index (κ3) is 2.77. The van der Waals surface area contributed by atoms with Crippen molar-refractivity contribution in [1.82, 2.24) is 9.78 Å². The molecule has 0 aliphatic heterocycles. The van der Waals surface area contributed by atoms with Crippen LogP contribution in [0.1, 0.15) is 11.1 Å². The third-order valence-electron chi connectivity index (χ3n) is 2.51. The average molecular weight is 349 g/mol. The first kappa shape index (κ1) is 14.4. The first-order chi connectivity index (χ1) is 9.32. The van der Waals surface area contributed by atoms with Gasteiger partial charge in [0.25, 0.3) is 0 Å². The van der Waals surface area contributed by atoms with Crippen LogP contribution in [0.15, 0.2) is 40.2 Å². The quantitative estimate of drug-likeness (QED) is 0.379. The fourth-order valence-corrected chi connectivity index (χ4v) is 1.91. The molecule has 0 fully saturated rings. The molecule has 0 saturated heterocycles. The summed E-state index contributed by atoms with van der Waals surface area (Å²) in [4.78, 5) is 0. The van der Waals surface area contributed by atoms with Gasteiger partial charge in [-0.1, -0.05) is 5.16 Å². The van der Waals surface area contributed by atoms with Crippen molar-refractivity contribution in [1.29, 1.82) is 0 Å². The summed E-state index contributed by atoms with van der Waals surface area (Å²) >= 11 is 3.16. The number of oxime groups is 1. The van der Waals surface area contributed by atoms with Crippen LogP contribution in [-0.2, 0) is 6.18 Å². The van der Waals surface area contributed by atoms with Crippen LogP contribution in [0.4, 0.5) is 13.2 Å².